The van der Waals surface area contributed by atoms with Crippen LogP contribution in [0.25, 0.3) is 0 Å². The Morgan fingerprint density at radius 1 is 1.47 bits per heavy atom. The van der Waals surface area contributed by atoms with Gasteiger partial charge in [0.15, 0.2) is 0 Å². The van der Waals surface area contributed by atoms with Crippen LogP contribution in [0.15, 0.2) is 17.5 Å². The van der Waals surface area contributed by atoms with Crippen molar-refractivity contribution < 1.29 is 9.59 Å². The van der Waals surface area contributed by atoms with Crippen LogP contribution in [0.3, 0.4) is 0 Å². The second-order valence-corrected chi connectivity index (χ2v) is 5.38. The summed E-state index contributed by atoms with van der Waals surface area (Å²) in [5.41, 5.74) is 10.7. The molecule has 0 aliphatic rings. The van der Waals surface area contributed by atoms with Gasteiger partial charge in [-0.1, -0.05) is 6.07 Å². The zero-order chi connectivity index (χ0) is 14.3. The van der Waals surface area contributed by atoms with E-state index in [1.54, 1.807) is 0 Å². The van der Waals surface area contributed by atoms with Gasteiger partial charge < -0.3 is 22.1 Å². The zero-order valence-corrected chi connectivity index (χ0v) is 11.7. The van der Waals surface area contributed by atoms with Gasteiger partial charge in [-0.15, -0.1) is 11.3 Å². The molecule has 0 aromatic carbocycles. The molecule has 1 aromatic rings. The third-order valence-electron chi connectivity index (χ3n) is 2.51. The zero-order valence-electron chi connectivity index (χ0n) is 10.9. The molecule has 7 heteroatoms. The Bertz CT molecular complexity index is 406. The Labute approximate surface area is 116 Å². The highest BCUT2D eigenvalue weighted by atomic mass is 32.1. The number of carbonyl (C=O) groups excluding carboxylic acids is 2. The summed E-state index contributed by atoms with van der Waals surface area (Å²) in [4.78, 5) is 23.6. The van der Waals surface area contributed by atoms with E-state index in [-0.39, 0.29) is 24.4 Å². The van der Waals surface area contributed by atoms with Crippen molar-refractivity contribution in [3.05, 3.63) is 22.4 Å². The number of primary amides is 1. The maximum atomic E-state index is 11.8. The van der Waals surface area contributed by atoms with Crippen LogP contribution in [0.4, 0.5) is 4.79 Å². The molecule has 6 nitrogen and oxygen atoms in total. The van der Waals surface area contributed by atoms with E-state index in [0.717, 1.165) is 11.3 Å². The van der Waals surface area contributed by atoms with Crippen molar-refractivity contribution >= 4 is 23.3 Å². The van der Waals surface area contributed by atoms with Gasteiger partial charge in [0.05, 0.1) is 12.5 Å². The fourth-order valence-corrected chi connectivity index (χ4v) is 2.36. The van der Waals surface area contributed by atoms with E-state index in [4.69, 9.17) is 11.5 Å². The van der Waals surface area contributed by atoms with Crippen molar-refractivity contribution in [3.8, 4) is 0 Å². The van der Waals surface area contributed by atoms with Gasteiger partial charge in [0.1, 0.15) is 0 Å². The maximum absolute atomic E-state index is 11.8. The Kier molecular flexibility index (Phi) is 6.31. The van der Waals surface area contributed by atoms with Crippen LogP contribution in [0.2, 0.25) is 0 Å². The van der Waals surface area contributed by atoms with E-state index in [2.05, 4.69) is 10.6 Å². The van der Waals surface area contributed by atoms with Gasteiger partial charge in [0.2, 0.25) is 5.91 Å². The van der Waals surface area contributed by atoms with Crippen LogP contribution >= 0.6 is 11.3 Å². The lowest BCUT2D eigenvalue weighted by molar-refractivity contribution is -0.121. The van der Waals surface area contributed by atoms with E-state index in [0.29, 0.717) is 6.54 Å². The average Bonchev–Trinajstić information content (AvgIpc) is 2.80. The molecule has 3 amide bonds. The first-order valence-corrected chi connectivity index (χ1v) is 6.98. The van der Waals surface area contributed by atoms with E-state index >= 15 is 0 Å². The lowest BCUT2D eigenvalue weighted by Gasteiger charge is -2.16. The molecule has 0 aliphatic heterocycles. The standard InChI is InChI=1S/C12H20N4O2S/c1-8(13)4-5-15-11(17)7-9(16-12(14)18)10-3-2-6-19-10/h2-3,6,8-9H,4-5,7,13H2,1H3,(H,15,17)(H3,14,16,18). The van der Waals surface area contributed by atoms with Crippen molar-refractivity contribution in [2.75, 3.05) is 6.54 Å². The normalized spacial score (nSPS) is 13.6. The first-order chi connectivity index (χ1) is 8.99. The number of urea groups is 1. The van der Waals surface area contributed by atoms with Crippen LogP contribution in [-0.4, -0.2) is 24.5 Å². The van der Waals surface area contributed by atoms with E-state index < -0.39 is 6.03 Å². The molecule has 0 aliphatic carbocycles. The minimum atomic E-state index is -0.637. The number of nitrogens with two attached hydrogens (primary N) is 2. The summed E-state index contributed by atoms with van der Waals surface area (Å²) in [5, 5.41) is 7.24. The minimum absolute atomic E-state index is 0.0529. The van der Waals surface area contributed by atoms with Gasteiger partial charge >= 0.3 is 6.03 Å². The number of nitrogens with one attached hydrogen (secondary N) is 2. The van der Waals surface area contributed by atoms with E-state index in [1.807, 2.05) is 24.4 Å². The third kappa shape index (κ3) is 6.21. The average molecular weight is 284 g/mol. The van der Waals surface area contributed by atoms with Crippen LogP contribution < -0.4 is 22.1 Å². The Hall–Kier alpha value is -1.60. The summed E-state index contributed by atoms with van der Waals surface area (Å²) in [6.07, 6.45) is 0.890. The van der Waals surface area contributed by atoms with Gasteiger partial charge in [-0.2, -0.15) is 0 Å². The molecule has 1 heterocycles. The summed E-state index contributed by atoms with van der Waals surface area (Å²) in [5.74, 6) is -0.132. The molecule has 2 unspecified atom stereocenters. The fourth-order valence-electron chi connectivity index (χ4n) is 1.58. The molecule has 19 heavy (non-hydrogen) atoms. The third-order valence-corrected chi connectivity index (χ3v) is 3.50. The van der Waals surface area contributed by atoms with Crippen molar-refractivity contribution in [2.24, 2.45) is 11.5 Å². The van der Waals surface area contributed by atoms with Crippen LogP contribution in [0.1, 0.15) is 30.7 Å². The molecule has 0 saturated carbocycles. The van der Waals surface area contributed by atoms with Crippen molar-refractivity contribution in [1.82, 2.24) is 10.6 Å². The van der Waals surface area contributed by atoms with E-state index in [9.17, 15) is 9.59 Å². The summed E-state index contributed by atoms with van der Waals surface area (Å²) >= 11 is 1.47. The quantitative estimate of drug-likeness (QED) is 0.591. The number of hydrogen-bond acceptors (Lipinski definition) is 4. The summed E-state index contributed by atoms with van der Waals surface area (Å²) in [7, 11) is 0. The van der Waals surface area contributed by atoms with Crippen molar-refractivity contribution in [3.63, 3.8) is 0 Å². The fraction of sp³-hybridized carbons (Fsp3) is 0.500. The molecule has 1 aromatic heterocycles. The first kappa shape index (κ1) is 15.5. The van der Waals surface area contributed by atoms with Crippen LogP contribution in [0, 0.1) is 0 Å². The van der Waals surface area contributed by atoms with Crippen LogP contribution in [-0.2, 0) is 4.79 Å². The lowest BCUT2D eigenvalue weighted by atomic mass is 10.1. The molecule has 0 saturated heterocycles. The number of thiophene rings is 1. The van der Waals surface area contributed by atoms with Gasteiger partial charge in [-0.05, 0) is 24.8 Å². The highest BCUT2D eigenvalue weighted by molar-refractivity contribution is 7.10. The molecule has 0 bridgehead atoms. The lowest BCUT2D eigenvalue weighted by Crippen LogP contribution is -2.37. The second-order valence-electron chi connectivity index (χ2n) is 4.40. The molecule has 0 spiro atoms. The number of carbonyl (C=O) groups is 2. The molecule has 6 N–H and O–H groups in total. The van der Waals surface area contributed by atoms with Gasteiger partial charge in [-0.25, -0.2) is 4.79 Å². The molecular weight excluding hydrogens is 264 g/mol. The first-order valence-electron chi connectivity index (χ1n) is 6.10. The molecule has 0 radical (unpaired) electrons. The predicted molar refractivity (Wildman–Crippen MR) is 75.7 cm³/mol. The maximum Gasteiger partial charge on any atom is 0.312 e. The molecular formula is C12H20N4O2S. The highest BCUT2D eigenvalue weighted by Gasteiger charge is 2.18. The summed E-state index contributed by atoms with van der Waals surface area (Å²) in [6.45, 7) is 2.42. The smallest absolute Gasteiger partial charge is 0.312 e. The Morgan fingerprint density at radius 2 is 2.21 bits per heavy atom. The Balaban J connectivity index is 2.48. The monoisotopic (exact) mass is 284 g/mol. The summed E-state index contributed by atoms with van der Waals surface area (Å²) < 4.78 is 0. The number of amides is 3. The second kappa shape index (κ2) is 7.75. The van der Waals surface area contributed by atoms with Crippen molar-refractivity contribution in [1.29, 1.82) is 0 Å². The topological polar surface area (TPSA) is 110 Å². The number of hydrogen-bond donors (Lipinski definition) is 4. The largest absolute Gasteiger partial charge is 0.356 e. The minimum Gasteiger partial charge on any atom is -0.356 e. The highest BCUT2D eigenvalue weighted by Crippen LogP contribution is 2.21. The number of rotatable bonds is 7. The van der Waals surface area contributed by atoms with Gasteiger partial charge in [-0.3, -0.25) is 4.79 Å². The molecule has 1 rings (SSSR count). The molecule has 2 atom stereocenters. The van der Waals surface area contributed by atoms with Gasteiger partial charge in [0, 0.05) is 17.5 Å². The van der Waals surface area contributed by atoms with E-state index in [1.165, 1.54) is 11.3 Å². The molecule has 0 fully saturated rings. The van der Waals surface area contributed by atoms with Crippen LogP contribution in [0.5, 0.6) is 0 Å². The van der Waals surface area contributed by atoms with Crippen molar-refractivity contribution in [2.45, 2.75) is 31.8 Å². The summed E-state index contributed by atoms with van der Waals surface area (Å²) in [6, 6.07) is 2.76. The predicted octanol–water partition coefficient (Wildman–Crippen LogP) is 0.701. The van der Waals surface area contributed by atoms with Gasteiger partial charge in [0.25, 0.3) is 0 Å². The molecule has 106 valence electrons. The Morgan fingerprint density at radius 3 is 2.74 bits per heavy atom. The SMILES string of the molecule is CC(N)CCNC(=O)CC(NC(N)=O)c1cccs1.